The number of aromatic amines is 1. The summed E-state index contributed by atoms with van der Waals surface area (Å²) >= 11 is 0. The largest absolute Gasteiger partial charge is 0.346 e. The first-order chi connectivity index (χ1) is 5.34. The van der Waals surface area contributed by atoms with Gasteiger partial charge in [0.1, 0.15) is 5.82 Å². The summed E-state index contributed by atoms with van der Waals surface area (Å²) in [6.07, 6.45) is 7.51. The maximum Gasteiger partial charge on any atom is 0.132 e. The first-order valence-electron chi connectivity index (χ1n) is 3.64. The zero-order chi connectivity index (χ0) is 8.10. The molecule has 1 N–H and O–H groups in total. The Balaban J connectivity index is 2.71. The van der Waals surface area contributed by atoms with E-state index in [0.29, 0.717) is 0 Å². The molecule has 1 aromatic heterocycles. The second-order valence-electron chi connectivity index (χ2n) is 2.31. The van der Waals surface area contributed by atoms with Crippen LogP contribution in [0.25, 0.3) is 0 Å². The highest BCUT2D eigenvalue weighted by atomic mass is 14.9. The number of nitrogens with zero attached hydrogens (tertiary/aromatic N) is 1. The monoisotopic (exact) mass is 148 g/mol. The molecule has 1 heterocycles. The minimum absolute atomic E-state index is 0.933. The van der Waals surface area contributed by atoms with Gasteiger partial charge >= 0.3 is 0 Å². The lowest BCUT2D eigenvalue weighted by atomic mass is 10.4. The van der Waals surface area contributed by atoms with Gasteiger partial charge in [0.05, 0.1) is 0 Å². The third-order valence-corrected chi connectivity index (χ3v) is 1.41. The van der Waals surface area contributed by atoms with Crippen LogP contribution in [0.3, 0.4) is 0 Å². The molecular weight excluding hydrogens is 136 g/mol. The quantitative estimate of drug-likeness (QED) is 0.624. The van der Waals surface area contributed by atoms with Crippen molar-refractivity contribution in [1.82, 2.24) is 4.98 Å². The Kier molecular flexibility index (Phi) is 2.66. The van der Waals surface area contributed by atoms with Crippen LogP contribution in [0.2, 0.25) is 0 Å². The molecule has 0 aromatic carbocycles. The van der Waals surface area contributed by atoms with E-state index in [0.717, 1.165) is 5.82 Å². The van der Waals surface area contributed by atoms with Crippen LogP contribution in [0.4, 0.5) is 5.82 Å². The summed E-state index contributed by atoms with van der Waals surface area (Å²) in [6.45, 7) is 3.99. The second kappa shape index (κ2) is 3.76. The number of aromatic nitrogens is 1. The molecule has 0 atom stereocenters. The molecule has 0 saturated heterocycles. The first-order valence-corrected chi connectivity index (χ1v) is 3.64. The van der Waals surface area contributed by atoms with Gasteiger partial charge in [0, 0.05) is 12.4 Å². The van der Waals surface area contributed by atoms with Gasteiger partial charge < -0.3 is 4.98 Å². The maximum atomic E-state index is 4.19. The first kappa shape index (κ1) is 7.79. The summed E-state index contributed by atoms with van der Waals surface area (Å²) in [7, 11) is 0. The van der Waals surface area contributed by atoms with Gasteiger partial charge in [-0.15, -0.1) is 0 Å². The molecular formula is C9H12N2. The zero-order valence-electron chi connectivity index (χ0n) is 6.83. The number of aliphatic imine (C=N–C) groups is 1. The van der Waals surface area contributed by atoms with Gasteiger partial charge in [0.2, 0.25) is 0 Å². The lowest BCUT2D eigenvalue weighted by molar-refractivity contribution is 1.32. The van der Waals surface area contributed by atoms with E-state index in [4.69, 9.17) is 0 Å². The summed E-state index contributed by atoms with van der Waals surface area (Å²) in [6, 6.07) is 2.00. The van der Waals surface area contributed by atoms with E-state index >= 15 is 0 Å². The third-order valence-electron chi connectivity index (χ3n) is 1.41. The molecule has 0 bridgehead atoms. The van der Waals surface area contributed by atoms with E-state index in [1.807, 2.05) is 38.3 Å². The Labute approximate surface area is 66.7 Å². The number of H-pyrrole nitrogens is 1. The fourth-order valence-corrected chi connectivity index (χ4v) is 0.781. The standard InChI is InChI=1S/C9H12N2/c1-3-4-6-10-9-8(2)5-7-11-9/h3-7,11H,1-2H3/b4-3-,10-6-. The van der Waals surface area contributed by atoms with E-state index in [1.54, 1.807) is 6.21 Å². The lowest BCUT2D eigenvalue weighted by Gasteiger charge is -1.86. The second-order valence-corrected chi connectivity index (χ2v) is 2.31. The number of allylic oxidation sites excluding steroid dienone is 2. The van der Waals surface area contributed by atoms with Crippen molar-refractivity contribution < 1.29 is 0 Å². The van der Waals surface area contributed by atoms with Gasteiger partial charge in [-0.05, 0) is 31.6 Å². The van der Waals surface area contributed by atoms with Crippen molar-refractivity contribution in [2.24, 2.45) is 4.99 Å². The van der Waals surface area contributed by atoms with Gasteiger partial charge in [0.25, 0.3) is 0 Å². The molecule has 1 aromatic rings. The number of nitrogens with one attached hydrogen (secondary N) is 1. The number of hydrogen-bond donors (Lipinski definition) is 1. The summed E-state index contributed by atoms with van der Waals surface area (Å²) in [5.74, 6) is 0.933. The molecule has 0 saturated carbocycles. The Hall–Kier alpha value is -1.31. The Morgan fingerprint density at radius 2 is 2.36 bits per heavy atom. The van der Waals surface area contributed by atoms with Crippen molar-refractivity contribution >= 4 is 12.0 Å². The molecule has 0 radical (unpaired) electrons. The zero-order valence-corrected chi connectivity index (χ0v) is 6.83. The van der Waals surface area contributed by atoms with Gasteiger partial charge in [0.15, 0.2) is 0 Å². The fraction of sp³-hybridized carbons (Fsp3) is 0.222. The molecule has 0 aliphatic rings. The molecule has 58 valence electrons. The van der Waals surface area contributed by atoms with E-state index < -0.39 is 0 Å². The van der Waals surface area contributed by atoms with Gasteiger partial charge in [-0.2, -0.15) is 0 Å². The fourth-order valence-electron chi connectivity index (χ4n) is 0.781. The van der Waals surface area contributed by atoms with Crippen molar-refractivity contribution in [2.45, 2.75) is 13.8 Å². The number of hydrogen-bond acceptors (Lipinski definition) is 1. The minimum Gasteiger partial charge on any atom is -0.346 e. The molecule has 2 heteroatoms. The van der Waals surface area contributed by atoms with Crippen molar-refractivity contribution in [2.75, 3.05) is 0 Å². The average molecular weight is 148 g/mol. The van der Waals surface area contributed by atoms with Crippen LogP contribution in [0.5, 0.6) is 0 Å². The van der Waals surface area contributed by atoms with Gasteiger partial charge in [-0.1, -0.05) is 6.08 Å². The van der Waals surface area contributed by atoms with Crippen LogP contribution in [0, 0.1) is 6.92 Å². The summed E-state index contributed by atoms with van der Waals surface area (Å²) in [5.41, 5.74) is 1.17. The highest BCUT2D eigenvalue weighted by Gasteiger charge is 1.91. The van der Waals surface area contributed by atoms with Crippen molar-refractivity contribution in [1.29, 1.82) is 0 Å². The molecule has 0 aliphatic carbocycles. The average Bonchev–Trinajstić information content (AvgIpc) is 2.37. The summed E-state index contributed by atoms with van der Waals surface area (Å²) in [5, 5.41) is 0. The molecule has 1 rings (SSSR count). The number of rotatable bonds is 2. The van der Waals surface area contributed by atoms with E-state index in [2.05, 4.69) is 9.98 Å². The van der Waals surface area contributed by atoms with Crippen LogP contribution < -0.4 is 0 Å². The molecule has 0 amide bonds. The van der Waals surface area contributed by atoms with Gasteiger partial charge in [-0.3, -0.25) is 0 Å². The molecule has 0 aliphatic heterocycles. The van der Waals surface area contributed by atoms with Crippen molar-refractivity contribution in [3.8, 4) is 0 Å². The van der Waals surface area contributed by atoms with Crippen LogP contribution in [-0.4, -0.2) is 11.2 Å². The number of aryl methyl sites for hydroxylation is 1. The molecule has 11 heavy (non-hydrogen) atoms. The topological polar surface area (TPSA) is 28.1 Å². The van der Waals surface area contributed by atoms with E-state index in [-0.39, 0.29) is 0 Å². The minimum atomic E-state index is 0.933. The molecule has 0 spiro atoms. The molecule has 0 fully saturated rings. The normalized spacial score (nSPS) is 11.8. The highest BCUT2D eigenvalue weighted by molar-refractivity contribution is 5.74. The summed E-state index contributed by atoms with van der Waals surface area (Å²) in [4.78, 5) is 7.22. The SMILES string of the molecule is C/C=C\C=N/c1[nH]ccc1C. The Bertz CT molecular complexity index is 269. The molecule has 2 nitrogen and oxygen atoms in total. The predicted octanol–water partition coefficient (Wildman–Crippen LogP) is 2.60. The maximum absolute atomic E-state index is 4.19. The van der Waals surface area contributed by atoms with Crippen LogP contribution in [0.1, 0.15) is 12.5 Å². The van der Waals surface area contributed by atoms with E-state index in [9.17, 15) is 0 Å². The van der Waals surface area contributed by atoms with Crippen LogP contribution in [-0.2, 0) is 0 Å². The van der Waals surface area contributed by atoms with Gasteiger partial charge in [-0.25, -0.2) is 4.99 Å². The summed E-state index contributed by atoms with van der Waals surface area (Å²) < 4.78 is 0. The predicted molar refractivity (Wildman–Crippen MR) is 48.5 cm³/mol. The van der Waals surface area contributed by atoms with Crippen molar-refractivity contribution in [3.05, 3.63) is 30.0 Å². The van der Waals surface area contributed by atoms with Crippen LogP contribution >= 0.6 is 0 Å². The highest BCUT2D eigenvalue weighted by Crippen LogP contribution is 2.13. The smallest absolute Gasteiger partial charge is 0.132 e. The third kappa shape index (κ3) is 2.08. The Morgan fingerprint density at radius 1 is 1.55 bits per heavy atom. The van der Waals surface area contributed by atoms with E-state index in [1.165, 1.54) is 5.56 Å². The van der Waals surface area contributed by atoms with Crippen LogP contribution in [0.15, 0.2) is 29.4 Å². The van der Waals surface area contributed by atoms with Crippen molar-refractivity contribution in [3.63, 3.8) is 0 Å². The molecule has 0 unspecified atom stereocenters. The lowest BCUT2D eigenvalue weighted by Crippen LogP contribution is -1.68. The Morgan fingerprint density at radius 3 is 2.91 bits per heavy atom.